The van der Waals surface area contributed by atoms with Gasteiger partial charge in [-0.05, 0) is 32.0 Å². The second kappa shape index (κ2) is 7.02. The van der Waals surface area contributed by atoms with Crippen molar-refractivity contribution in [2.75, 3.05) is 5.32 Å². The van der Waals surface area contributed by atoms with Crippen molar-refractivity contribution in [3.8, 4) is 0 Å². The van der Waals surface area contributed by atoms with Gasteiger partial charge in [-0.2, -0.15) is 13.2 Å². The Kier molecular flexibility index (Phi) is 5.44. The summed E-state index contributed by atoms with van der Waals surface area (Å²) >= 11 is 7.01. The molecule has 0 saturated heterocycles. The molecule has 0 bridgehead atoms. The molecule has 1 N–H and O–H groups in total. The second-order valence-corrected chi connectivity index (χ2v) is 6.75. The van der Waals surface area contributed by atoms with Crippen molar-refractivity contribution in [3.05, 3.63) is 34.6 Å². The molecule has 0 aliphatic carbocycles. The highest BCUT2D eigenvalue weighted by atomic mass is 35.5. The van der Waals surface area contributed by atoms with Crippen molar-refractivity contribution < 1.29 is 18.0 Å². The summed E-state index contributed by atoms with van der Waals surface area (Å²) in [6, 6.07) is 2.77. The number of amides is 1. The van der Waals surface area contributed by atoms with Gasteiger partial charge >= 0.3 is 6.18 Å². The van der Waals surface area contributed by atoms with E-state index in [2.05, 4.69) is 15.5 Å². The van der Waals surface area contributed by atoms with Crippen LogP contribution in [0.15, 0.2) is 23.4 Å². The number of benzene rings is 1. The molecule has 1 amide bonds. The Labute approximate surface area is 145 Å². The standard InChI is InChI=1S/C14H14ClF3N4OS/c1-7(24-13-21-20-8(2)22(13)3)12(23)19-11-6-9(14(16,17)18)4-5-10(11)15/h4-7H,1-3H3,(H,19,23)/t7-/m0/s1. The molecule has 1 aromatic heterocycles. The fraction of sp³-hybridized carbons (Fsp3) is 0.357. The molecular formula is C14H14ClF3N4OS. The zero-order valence-corrected chi connectivity index (χ0v) is 14.6. The van der Waals surface area contributed by atoms with Gasteiger partial charge in [0.25, 0.3) is 0 Å². The highest BCUT2D eigenvalue weighted by Crippen LogP contribution is 2.34. The van der Waals surface area contributed by atoms with Gasteiger partial charge in [-0.1, -0.05) is 23.4 Å². The average molecular weight is 379 g/mol. The second-order valence-electron chi connectivity index (χ2n) is 5.03. The first-order chi connectivity index (χ1) is 11.1. The van der Waals surface area contributed by atoms with Crippen molar-refractivity contribution in [3.63, 3.8) is 0 Å². The molecule has 2 aromatic rings. The smallest absolute Gasteiger partial charge is 0.324 e. The molecule has 0 spiro atoms. The van der Waals surface area contributed by atoms with Gasteiger partial charge in [0.15, 0.2) is 5.16 Å². The maximum atomic E-state index is 12.8. The summed E-state index contributed by atoms with van der Waals surface area (Å²) in [5.41, 5.74) is -0.968. The normalized spacial score (nSPS) is 13.0. The number of nitrogens with one attached hydrogen (secondary N) is 1. The number of alkyl halides is 3. The zero-order valence-electron chi connectivity index (χ0n) is 13.0. The van der Waals surface area contributed by atoms with Crippen LogP contribution in [-0.4, -0.2) is 25.9 Å². The molecule has 130 valence electrons. The predicted molar refractivity (Wildman–Crippen MR) is 86.1 cm³/mol. The first-order valence-electron chi connectivity index (χ1n) is 6.80. The van der Waals surface area contributed by atoms with Crippen molar-refractivity contribution in [1.29, 1.82) is 0 Å². The van der Waals surface area contributed by atoms with Gasteiger partial charge < -0.3 is 9.88 Å². The number of thioether (sulfide) groups is 1. The molecule has 1 atom stereocenters. The van der Waals surface area contributed by atoms with E-state index in [1.807, 2.05) is 0 Å². The van der Waals surface area contributed by atoms with Crippen molar-refractivity contribution in [1.82, 2.24) is 14.8 Å². The minimum Gasteiger partial charge on any atom is -0.324 e. The molecule has 24 heavy (non-hydrogen) atoms. The average Bonchev–Trinajstić information content (AvgIpc) is 2.80. The van der Waals surface area contributed by atoms with Crippen LogP contribution >= 0.6 is 23.4 Å². The van der Waals surface area contributed by atoms with E-state index in [-0.39, 0.29) is 10.7 Å². The first-order valence-corrected chi connectivity index (χ1v) is 8.05. The van der Waals surface area contributed by atoms with Crippen LogP contribution in [0.5, 0.6) is 0 Å². The largest absolute Gasteiger partial charge is 0.416 e. The third kappa shape index (κ3) is 4.21. The van der Waals surface area contributed by atoms with Crippen LogP contribution < -0.4 is 5.32 Å². The number of halogens is 4. The topological polar surface area (TPSA) is 59.8 Å². The molecule has 2 rings (SSSR count). The SMILES string of the molecule is Cc1nnc(S[C@@H](C)C(=O)Nc2cc(C(F)(F)F)ccc2Cl)n1C. The Morgan fingerprint density at radius 1 is 1.38 bits per heavy atom. The number of hydrogen-bond acceptors (Lipinski definition) is 4. The van der Waals surface area contributed by atoms with Gasteiger partial charge in [-0.25, -0.2) is 0 Å². The number of anilines is 1. The lowest BCUT2D eigenvalue weighted by molar-refractivity contribution is -0.137. The number of carbonyl (C=O) groups excluding carboxylic acids is 1. The Hall–Kier alpha value is -1.74. The maximum absolute atomic E-state index is 12.8. The van der Waals surface area contributed by atoms with Crippen LogP contribution in [0.3, 0.4) is 0 Å². The minimum atomic E-state index is -4.51. The quantitative estimate of drug-likeness (QED) is 0.819. The van der Waals surface area contributed by atoms with Crippen LogP contribution in [0.4, 0.5) is 18.9 Å². The highest BCUT2D eigenvalue weighted by molar-refractivity contribution is 8.00. The van der Waals surface area contributed by atoms with E-state index in [0.717, 1.165) is 30.0 Å². The zero-order chi connectivity index (χ0) is 18.1. The molecule has 0 fully saturated rings. The number of aromatic nitrogens is 3. The van der Waals surface area contributed by atoms with E-state index in [1.54, 1.807) is 25.5 Å². The molecule has 5 nitrogen and oxygen atoms in total. The van der Waals surface area contributed by atoms with Crippen molar-refractivity contribution in [2.45, 2.75) is 30.4 Å². The van der Waals surface area contributed by atoms with Crippen molar-refractivity contribution >= 4 is 35.0 Å². The number of aryl methyl sites for hydroxylation is 1. The van der Waals surface area contributed by atoms with Gasteiger partial charge in [0, 0.05) is 7.05 Å². The fourth-order valence-corrected chi connectivity index (χ4v) is 2.76. The summed E-state index contributed by atoms with van der Waals surface area (Å²) in [7, 11) is 1.76. The van der Waals surface area contributed by atoms with E-state index in [4.69, 9.17) is 11.6 Å². The van der Waals surface area contributed by atoms with Crippen LogP contribution in [0.25, 0.3) is 0 Å². The van der Waals surface area contributed by atoms with E-state index >= 15 is 0 Å². The number of nitrogens with zero attached hydrogens (tertiary/aromatic N) is 3. The number of carbonyl (C=O) groups is 1. The molecule has 0 aliphatic heterocycles. The third-order valence-corrected chi connectivity index (χ3v) is 4.72. The van der Waals surface area contributed by atoms with Crippen LogP contribution in [0, 0.1) is 6.92 Å². The summed E-state index contributed by atoms with van der Waals surface area (Å²) in [5.74, 6) is 0.202. The Balaban J connectivity index is 2.13. The Morgan fingerprint density at radius 2 is 2.04 bits per heavy atom. The van der Waals surface area contributed by atoms with Crippen molar-refractivity contribution in [2.24, 2.45) is 7.05 Å². The van der Waals surface area contributed by atoms with E-state index in [1.165, 1.54) is 0 Å². The predicted octanol–water partition coefficient (Wildman–Crippen LogP) is 3.92. The molecule has 10 heteroatoms. The maximum Gasteiger partial charge on any atom is 0.416 e. The summed E-state index contributed by atoms with van der Waals surface area (Å²) in [5, 5.41) is 10.2. The van der Waals surface area contributed by atoms with E-state index in [9.17, 15) is 18.0 Å². The highest BCUT2D eigenvalue weighted by Gasteiger charge is 2.31. The molecule has 1 aromatic carbocycles. The minimum absolute atomic E-state index is 0.0306. The summed E-state index contributed by atoms with van der Waals surface area (Å²) in [4.78, 5) is 12.2. The first kappa shape index (κ1) is 18.6. The molecule has 0 radical (unpaired) electrons. The van der Waals surface area contributed by atoms with E-state index < -0.39 is 22.9 Å². The summed E-state index contributed by atoms with van der Waals surface area (Å²) < 4.78 is 40.0. The Bertz CT molecular complexity index is 763. The molecule has 0 saturated carbocycles. The number of rotatable bonds is 4. The Morgan fingerprint density at radius 3 is 2.58 bits per heavy atom. The van der Waals surface area contributed by atoms with Crippen LogP contribution in [0.2, 0.25) is 5.02 Å². The lowest BCUT2D eigenvalue weighted by Crippen LogP contribution is -2.23. The molecule has 0 unspecified atom stereocenters. The van der Waals surface area contributed by atoms with E-state index in [0.29, 0.717) is 11.0 Å². The third-order valence-electron chi connectivity index (χ3n) is 3.26. The van der Waals surface area contributed by atoms with Crippen LogP contribution in [-0.2, 0) is 18.0 Å². The van der Waals surface area contributed by atoms with Gasteiger partial charge in [-0.3, -0.25) is 4.79 Å². The summed E-state index contributed by atoms with van der Waals surface area (Å²) in [6.45, 7) is 3.38. The number of hydrogen-bond donors (Lipinski definition) is 1. The molecule has 0 aliphatic rings. The molecular weight excluding hydrogens is 365 g/mol. The molecule has 1 heterocycles. The van der Waals surface area contributed by atoms with Gasteiger partial charge in [0.2, 0.25) is 5.91 Å². The monoisotopic (exact) mass is 378 g/mol. The van der Waals surface area contributed by atoms with Gasteiger partial charge in [-0.15, -0.1) is 10.2 Å². The van der Waals surface area contributed by atoms with Gasteiger partial charge in [0.1, 0.15) is 5.82 Å². The van der Waals surface area contributed by atoms with Crippen LogP contribution in [0.1, 0.15) is 18.3 Å². The lowest BCUT2D eigenvalue weighted by Gasteiger charge is -2.14. The summed E-state index contributed by atoms with van der Waals surface area (Å²) in [6.07, 6.45) is -4.51. The lowest BCUT2D eigenvalue weighted by atomic mass is 10.2. The fourth-order valence-electron chi connectivity index (χ4n) is 1.73. The van der Waals surface area contributed by atoms with Gasteiger partial charge in [0.05, 0.1) is 21.5 Å².